The molecule has 1 amide bonds. The van der Waals surface area contributed by atoms with Crippen molar-refractivity contribution in [2.24, 2.45) is 0 Å². The molecule has 0 spiro atoms. The van der Waals surface area contributed by atoms with Crippen LogP contribution in [0.4, 0.5) is 5.69 Å². The van der Waals surface area contributed by atoms with Gasteiger partial charge in [0.05, 0.1) is 5.69 Å². The summed E-state index contributed by atoms with van der Waals surface area (Å²) >= 11 is 0. The highest BCUT2D eigenvalue weighted by molar-refractivity contribution is 6.04. The first-order chi connectivity index (χ1) is 12.2. The van der Waals surface area contributed by atoms with Crippen molar-refractivity contribution < 1.29 is 9.53 Å². The largest absolute Gasteiger partial charge is 0.490 e. The van der Waals surface area contributed by atoms with Gasteiger partial charge in [-0.15, -0.1) is 0 Å². The summed E-state index contributed by atoms with van der Waals surface area (Å²) in [4.78, 5) is 17.1. The number of carbonyl (C=O) groups excluding carboxylic acids is 1. The van der Waals surface area contributed by atoms with E-state index in [1.807, 2.05) is 42.5 Å². The average Bonchev–Trinajstić information content (AvgIpc) is 2.65. The predicted octanol–water partition coefficient (Wildman–Crippen LogP) is 2.57. The normalized spacial score (nSPS) is 15.7. The van der Waals surface area contributed by atoms with Gasteiger partial charge in [-0.2, -0.15) is 0 Å². The Morgan fingerprint density at radius 3 is 2.44 bits per heavy atom. The van der Waals surface area contributed by atoms with Crippen LogP contribution in [0.15, 0.2) is 54.6 Å². The molecule has 3 rings (SSSR count). The Morgan fingerprint density at radius 2 is 1.68 bits per heavy atom. The van der Waals surface area contributed by atoms with Crippen molar-refractivity contribution in [1.29, 1.82) is 0 Å². The number of nitrogens with zero attached hydrogens (tertiary/aromatic N) is 2. The molecule has 1 aliphatic rings. The molecule has 0 aliphatic carbocycles. The number of nitrogens with one attached hydrogen (secondary N) is 1. The topological polar surface area (TPSA) is 44.8 Å². The van der Waals surface area contributed by atoms with Crippen molar-refractivity contribution in [2.75, 3.05) is 51.7 Å². The second kappa shape index (κ2) is 8.65. The number of hydrogen-bond acceptors (Lipinski definition) is 4. The summed E-state index contributed by atoms with van der Waals surface area (Å²) in [5.74, 6) is 0.580. The number of para-hydroxylation sites is 2. The zero-order valence-corrected chi connectivity index (χ0v) is 14.6. The Bertz CT molecular complexity index is 682. The zero-order chi connectivity index (χ0) is 17.5. The van der Waals surface area contributed by atoms with E-state index in [1.165, 1.54) is 0 Å². The van der Waals surface area contributed by atoms with Gasteiger partial charge >= 0.3 is 0 Å². The van der Waals surface area contributed by atoms with E-state index in [9.17, 15) is 4.79 Å². The number of benzene rings is 2. The van der Waals surface area contributed by atoms with Crippen molar-refractivity contribution in [1.82, 2.24) is 9.80 Å². The van der Waals surface area contributed by atoms with Crippen molar-refractivity contribution in [3.05, 3.63) is 60.2 Å². The first-order valence-electron chi connectivity index (χ1n) is 8.71. The van der Waals surface area contributed by atoms with E-state index in [-0.39, 0.29) is 5.91 Å². The summed E-state index contributed by atoms with van der Waals surface area (Å²) in [6.45, 7) is 5.86. The minimum Gasteiger partial charge on any atom is -0.490 e. The average molecular weight is 339 g/mol. The summed E-state index contributed by atoms with van der Waals surface area (Å²) < 4.78 is 5.93. The minimum atomic E-state index is -0.129. The molecule has 2 aromatic carbocycles. The van der Waals surface area contributed by atoms with Gasteiger partial charge in [-0.3, -0.25) is 9.69 Å². The molecular formula is C20H25N3O2. The van der Waals surface area contributed by atoms with Gasteiger partial charge in [-0.05, 0) is 31.3 Å². The van der Waals surface area contributed by atoms with Gasteiger partial charge in [0.1, 0.15) is 12.4 Å². The van der Waals surface area contributed by atoms with E-state index in [4.69, 9.17) is 4.74 Å². The first kappa shape index (κ1) is 17.5. The van der Waals surface area contributed by atoms with E-state index in [1.54, 1.807) is 12.1 Å². The quantitative estimate of drug-likeness (QED) is 0.879. The van der Waals surface area contributed by atoms with Gasteiger partial charge < -0.3 is 15.0 Å². The molecule has 0 aromatic heterocycles. The second-order valence-corrected chi connectivity index (χ2v) is 6.31. The molecule has 1 N–H and O–H groups in total. The lowest BCUT2D eigenvalue weighted by molar-refractivity contribution is 0.102. The van der Waals surface area contributed by atoms with E-state index < -0.39 is 0 Å². The van der Waals surface area contributed by atoms with Crippen molar-refractivity contribution in [2.45, 2.75) is 0 Å². The number of likely N-dealkylation sites (N-methyl/N-ethyl adjacent to an activating group) is 1. The van der Waals surface area contributed by atoms with Gasteiger partial charge in [0.15, 0.2) is 0 Å². The van der Waals surface area contributed by atoms with Gasteiger partial charge in [-0.1, -0.05) is 30.3 Å². The van der Waals surface area contributed by atoms with E-state index in [2.05, 4.69) is 22.2 Å². The maximum Gasteiger partial charge on any atom is 0.255 e. The van der Waals surface area contributed by atoms with Gasteiger partial charge in [0.2, 0.25) is 0 Å². The van der Waals surface area contributed by atoms with Crippen LogP contribution < -0.4 is 10.1 Å². The van der Waals surface area contributed by atoms with Gasteiger partial charge in [0, 0.05) is 38.3 Å². The molecular weight excluding hydrogens is 314 g/mol. The van der Waals surface area contributed by atoms with Gasteiger partial charge in [0.25, 0.3) is 5.91 Å². The molecule has 1 aliphatic heterocycles. The lowest BCUT2D eigenvalue weighted by Gasteiger charge is -2.32. The van der Waals surface area contributed by atoms with Crippen LogP contribution in [0.5, 0.6) is 5.75 Å². The first-order valence-corrected chi connectivity index (χ1v) is 8.71. The molecule has 1 heterocycles. The van der Waals surface area contributed by atoms with Crippen LogP contribution in [-0.2, 0) is 0 Å². The van der Waals surface area contributed by atoms with E-state index in [0.717, 1.165) is 32.7 Å². The maximum absolute atomic E-state index is 12.3. The van der Waals surface area contributed by atoms with Crippen LogP contribution in [0.1, 0.15) is 10.4 Å². The molecule has 2 aromatic rings. The fourth-order valence-corrected chi connectivity index (χ4v) is 2.84. The van der Waals surface area contributed by atoms with Crippen LogP contribution >= 0.6 is 0 Å². The van der Waals surface area contributed by atoms with Gasteiger partial charge in [-0.25, -0.2) is 0 Å². The third-order valence-corrected chi connectivity index (χ3v) is 4.43. The Labute approximate surface area is 149 Å². The minimum absolute atomic E-state index is 0.129. The molecule has 5 heteroatoms. The molecule has 132 valence electrons. The number of ether oxygens (including phenoxy) is 1. The SMILES string of the molecule is CN1CCN(CCOc2ccccc2NC(=O)c2ccccc2)CC1. The smallest absolute Gasteiger partial charge is 0.255 e. The van der Waals surface area contributed by atoms with Crippen LogP contribution in [0.3, 0.4) is 0 Å². The van der Waals surface area contributed by atoms with Crippen LogP contribution in [0, 0.1) is 0 Å². The summed E-state index contributed by atoms with van der Waals surface area (Å²) in [6, 6.07) is 16.8. The number of rotatable bonds is 6. The fourth-order valence-electron chi connectivity index (χ4n) is 2.84. The third-order valence-electron chi connectivity index (χ3n) is 4.43. The molecule has 0 bridgehead atoms. The van der Waals surface area contributed by atoms with E-state index in [0.29, 0.717) is 23.6 Å². The number of carbonyl (C=O) groups is 1. The summed E-state index contributed by atoms with van der Waals surface area (Å²) in [5.41, 5.74) is 1.34. The van der Waals surface area contributed by atoms with Crippen molar-refractivity contribution in [3.8, 4) is 5.75 Å². The maximum atomic E-state index is 12.3. The highest BCUT2D eigenvalue weighted by Gasteiger charge is 2.14. The standard InChI is InChI=1S/C20H25N3O2/c1-22-11-13-23(14-12-22)15-16-25-19-10-6-5-9-18(19)21-20(24)17-7-3-2-4-8-17/h2-10H,11-16H2,1H3,(H,21,24). The lowest BCUT2D eigenvalue weighted by atomic mass is 10.2. The predicted molar refractivity (Wildman–Crippen MR) is 100 cm³/mol. The Kier molecular flexibility index (Phi) is 6.04. The Hall–Kier alpha value is -2.37. The highest BCUT2D eigenvalue weighted by atomic mass is 16.5. The van der Waals surface area contributed by atoms with Crippen LogP contribution in [-0.4, -0.2) is 62.1 Å². The number of amides is 1. The molecule has 1 saturated heterocycles. The molecule has 5 nitrogen and oxygen atoms in total. The summed E-state index contributed by atoms with van der Waals surface area (Å²) in [5, 5.41) is 2.94. The summed E-state index contributed by atoms with van der Waals surface area (Å²) in [7, 11) is 2.15. The lowest BCUT2D eigenvalue weighted by Crippen LogP contribution is -2.45. The van der Waals surface area contributed by atoms with Crippen LogP contribution in [0.25, 0.3) is 0 Å². The number of piperazine rings is 1. The van der Waals surface area contributed by atoms with Crippen molar-refractivity contribution in [3.63, 3.8) is 0 Å². The Morgan fingerprint density at radius 1 is 1.00 bits per heavy atom. The zero-order valence-electron chi connectivity index (χ0n) is 14.6. The molecule has 0 atom stereocenters. The Balaban J connectivity index is 1.55. The molecule has 25 heavy (non-hydrogen) atoms. The fraction of sp³-hybridized carbons (Fsp3) is 0.350. The molecule has 0 saturated carbocycles. The van der Waals surface area contributed by atoms with E-state index >= 15 is 0 Å². The number of anilines is 1. The number of hydrogen-bond donors (Lipinski definition) is 1. The highest BCUT2D eigenvalue weighted by Crippen LogP contribution is 2.24. The molecule has 0 radical (unpaired) electrons. The summed E-state index contributed by atoms with van der Waals surface area (Å²) in [6.07, 6.45) is 0. The monoisotopic (exact) mass is 339 g/mol. The second-order valence-electron chi connectivity index (χ2n) is 6.31. The third kappa shape index (κ3) is 5.05. The van der Waals surface area contributed by atoms with Crippen molar-refractivity contribution >= 4 is 11.6 Å². The van der Waals surface area contributed by atoms with Crippen LogP contribution in [0.2, 0.25) is 0 Å². The molecule has 0 unspecified atom stereocenters. The molecule has 1 fully saturated rings.